The van der Waals surface area contributed by atoms with Crippen LogP contribution in [0.5, 0.6) is 0 Å². The second-order valence-electron chi connectivity index (χ2n) is 4.75. The van der Waals surface area contributed by atoms with Crippen LogP contribution in [0.4, 0.5) is 18.9 Å². The van der Waals surface area contributed by atoms with E-state index in [1.54, 1.807) is 0 Å². The van der Waals surface area contributed by atoms with Crippen molar-refractivity contribution in [3.05, 3.63) is 29.3 Å². The summed E-state index contributed by atoms with van der Waals surface area (Å²) in [6, 6.07) is 3.19. The van der Waals surface area contributed by atoms with E-state index in [9.17, 15) is 18.0 Å². The predicted molar refractivity (Wildman–Crippen MR) is 70.6 cm³/mol. The second-order valence-corrected chi connectivity index (χ2v) is 4.75. The minimum atomic E-state index is -4.59. The summed E-state index contributed by atoms with van der Waals surface area (Å²) in [7, 11) is 0. The fourth-order valence-electron chi connectivity index (χ4n) is 2.16. The van der Waals surface area contributed by atoms with Gasteiger partial charge in [-0.3, -0.25) is 10.6 Å². The molecule has 8 heteroatoms. The summed E-state index contributed by atoms with van der Waals surface area (Å²) in [6.45, 7) is 0.937. The van der Waals surface area contributed by atoms with E-state index in [4.69, 9.17) is 10.6 Å². The summed E-state index contributed by atoms with van der Waals surface area (Å²) in [4.78, 5) is 11.9. The first-order chi connectivity index (χ1) is 9.91. The summed E-state index contributed by atoms with van der Waals surface area (Å²) >= 11 is 0. The Balaban J connectivity index is 2.10. The fourth-order valence-corrected chi connectivity index (χ4v) is 2.16. The maximum atomic E-state index is 12.9. The van der Waals surface area contributed by atoms with Crippen molar-refractivity contribution >= 4 is 11.6 Å². The van der Waals surface area contributed by atoms with E-state index in [-0.39, 0.29) is 23.9 Å². The third kappa shape index (κ3) is 3.85. The highest BCUT2D eigenvalue weighted by Gasteiger charge is 2.34. The van der Waals surface area contributed by atoms with Crippen LogP contribution in [0, 0.1) is 0 Å². The van der Waals surface area contributed by atoms with E-state index in [0.717, 1.165) is 25.0 Å². The lowest BCUT2D eigenvalue weighted by atomic mass is 10.1. The number of hydrogen-bond acceptors (Lipinski definition) is 4. The van der Waals surface area contributed by atoms with Crippen molar-refractivity contribution in [2.75, 3.05) is 18.6 Å². The lowest BCUT2D eigenvalue weighted by Gasteiger charge is -2.15. The first-order valence-corrected chi connectivity index (χ1v) is 6.49. The van der Waals surface area contributed by atoms with Gasteiger partial charge in [0, 0.05) is 18.7 Å². The van der Waals surface area contributed by atoms with E-state index < -0.39 is 17.6 Å². The number of nitrogens with one attached hydrogen (secondary N) is 2. The zero-order valence-corrected chi connectivity index (χ0v) is 11.2. The molecule has 1 aliphatic rings. The zero-order valence-electron chi connectivity index (χ0n) is 11.2. The molecule has 1 saturated heterocycles. The van der Waals surface area contributed by atoms with E-state index in [0.29, 0.717) is 6.61 Å². The van der Waals surface area contributed by atoms with Crippen molar-refractivity contribution in [2.45, 2.75) is 25.1 Å². The number of ether oxygens (including phenoxy) is 1. The minimum Gasteiger partial charge on any atom is -0.376 e. The van der Waals surface area contributed by atoms with Gasteiger partial charge in [0.15, 0.2) is 0 Å². The number of benzene rings is 1. The highest BCUT2D eigenvalue weighted by molar-refractivity contribution is 5.95. The molecule has 0 saturated carbocycles. The van der Waals surface area contributed by atoms with E-state index in [2.05, 4.69) is 5.32 Å². The Kier molecular flexibility index (Phi) is 4.69. The smallest absolute Gasteiger partial charge is 0.376 e. The molecular formula is C13H16F3N3O2. The number of alkyl halides is 3. The molecule has 1 amide bonds. The quantitative estimate of drug-likeness (QED) is 0.586. The van der Waals surface area contributed by atoms with Gasteiger partial charge in [-0.05, 0) is 31.0 Å². The van der Waals surface area contributed by atoms with Crippen molar-refractivity contribution in [2.24, 2.45) is 5.84 Å². The molecule has 4 N–H and O–H groups in total. The third-order valence-corrected chi connectivity index (χ3v) is 3.26. The molecule has 1 heterocycles. The lowest BCUT2D eigenvalue weighted by molar-refractivity contribution is -0.137. The summed E-state index contributed by atoms with van der Waals surface area (Å²) in [5.41, 5.74) is 0.647. The number of nitrogen functional groups attached to an aromatic ring is 1. The molecule has 1 atom stereocenters. The lowest BCUT2D eigenvalue weighted by Crippen LogP contribution is -2.32. The molecule has 5 nitrogen and oxygen atoms in total. The molecule has 116 valence electrons. The maximum absolute atomic E-state index is 12.9. The Morgan fingerprint density at radius 1 is 1.43 bits per heavy atom. The maximum Gasteiger partial charge on any atom is 0.418 e. The monoisotopic (exact) mass is 303 g/mol. The van der Waals surface area contributed by atoms with Gasteiger partial charge in [0.1, 0.15) is 0 Å². The number of anilines is 1. The first-order valence-electron chi connectivity index (χ1n) is 6.49. The summed E-state index contributed by atoms with van der Waals surface area (Å²) < 4.78 is 43.9. The molecule has 1 aliphatic heterocycles. The number of nitrogens with two attached hydrogens (primary N) is 1. The molecule has 1 unspecified atom stereocenters. The number of amides is 1. The predicted octanol–water partition coefficient (Wildman–Crippen LogP) is 1.90. The van der Waals surface area contributed by atoms with Crippen molar-refractivity contribution in [1.82, 2.24) is 5.32 Å². The third-order valence-electron chi connectivity index (χ3n) is 3.26. The summed E-state index contributed by atoms with van der Waals surface area (Å²) in [5, 5.41) is 2.57. The molecule has 0 bridgehead atoms. The minimum absolute atomic E-state index is 0.0685. The number of rotatable bonds is 4. The Morgan fingerprint density at radius 2 is 2.19 bits per heavy atom. The number of hydrazine groups is 1. The number of carbonyl (C=O) groups is 1. The molecule has 1 aromatic rings. The molecule has 21 heavy (non-hydrogen) atoms. The van der Waals surface area contributed by atoms with Crippen molar-refractivity contribution in [3.63, 3.8) is 0 Å². The molecular weight excluding hydrogens is 287 g/mol. The topological polar surface area (TPSA) is 76.4 Å². The van der Waals surface area contributed by atoms with Gasteiger partial charge in [-0.2, -0.15) is 13.2 Å². The molecule has 0 radical (unpaired) electrons. The summed E-state index contributed by atoms with van der Waals surface area (Å²) in [5.74, 6) is 4.48. The van der Waals surface area contributed by atoms with Gasteiger partial charge in [0.05, 0.1) is 17.4 Å². The van der Waals surface area contributed by atoms with Crippen LogP contribution >= 0.6 is 0 Å². The van der Waals surface area contributed by atoms with Gasteiger partial charge in [0.25, 0.3) is 5.91 Å². The normalized spacial score (nSPS) is 18.6. The van der Waals surface area contributed by atoms with Crippen LogP contribution in [0.2, 0.25) is 0 Å². The fraction of sp³-hybridized carbons (Fsp3) is 0.462. The van der Waals surface area contributed by atoms with Gasteiger partial charge in [-0.1, -0.05) is 0 Å². The SMILES string of the molecule is NNc1ccc(C(=O)NCC2CCCO2)cc1C(F)(F)F. The molecule has 1 aromatic carbocycles. The Hall–Kier alpha value is -1.80. The zero-order chi connectivity index (χ0) is 15.5. The van der Waals surface area contributed by atoms with Crippen LogP contribution in [0.3, 0.4) is 0 Å². The number of carbonyl (C=O) groups excluding carboxylic acids is 1. The van der Waals surface area contributed by atoms with Crippen LogP contribution in [-0.2, 0) is 10.9 Å². The Labute approximate surface area is 119 Å². The van der Waals surface area contributed by atoms with Gasteiger partial charge < -0.3 is 15.5 Å². The molecule has 2 rings (SSSR count). The Bertz CT molecular complexity index is 514. The standard InChI is InChI=1S/C13H16F3N3O2/c14-13(15,16)10-6-8(3-4-11(10)19-17)12(20)18-7-9-2-1-5-21-9/h3-4,6,9,19H,1-2,5,7,17H2,(H,18,20). The van der Waals surface area contributed by atoms with E-state index in [1.807, 2.05) is 5.43 Å². The van der Waals surface area contributed by atoms with Crippen LogP contribution in [0.15, 0.2) is 18.2 Å². The molecule has 0 aromatic heterocycles. The van der Waals surface area contributed by atoms with Gasteiger partial charge in [-0.25, -0.2) is 0 Å². The van der Waals surface area contributed by atoms with Gasteiger partial charge in [0.2, 0.25) is 0 Å². The average Bonchev–Trinajstić information content (AvgIpc) is 2.96. The first kappa shape index (κ1) is 15.6. The van der Waals surface area contributed by atoms with E-state index >= 15 is 0 Å². The van der Waals surface area contributed by atoms with Crippen LogP contribution in [0.1, 0.15) is 28.8 Å². The number of hydrogen-bond donors (Lipinski definition) is 3. The van der Waals surface area contributed by atoms with Crippen LogP contribution in [-0.4, -0.2) is 25.2 Å². The highest BCUT2D eigenvalue weighted by Crippen LogP contribution is 2.35. The number of halogens is 3. The van der Waals surface area contributed by atoms with Crippen LogP contribution in [0.25, 0.3) is 0 Å². The van der Waals surface area contributed by atoms with Crippen molar-refractivity contribution < 1.29 is 22.7 Å². The second kappa shape index (κ2) is 6.31. The van der Waals surface area contributed by atoms with Gasteiger partial charge in [-0.15, -0.1) is 0 Å². The van der Waals surface area contributed by atoms with Gasteiger partial charge >= 0.3 is 6.18 Å². The van der Waals surface area contributed by atoms with Crippen molar-refractivity contribution in [3.8, 4) is 0 Å². The highest BCUT2D eigenvalue weighted by atomic mass is 19.4. The molecule has 1 fully saturated rings. The molecule has 0 spiro atoms. The van der Waals surface area contributed by atoms with E-state index in [1.165, 1.54) is 6.07 Å². The van der Waals surface area contributed by atoms with Crippen molar-refractivity contribution in [1.29, 1.82) is 0 Å². The van der Waals surface area contributed by atoms with Crippen LogP contribution < -0.4 is 16.6 Å². The Morgan fingerprint density at radius 3 is 2.76 bits per heavy atom. The average molecular weight is 303 g/mol. The summed E-state index contributed by atoms with van der Waals surface area (Å²) in [6.07, 6.45) is -2.90. The molecule has 0 aliphatic carbocycles. The largest absolute Gasteiger partial charge is 0.418 e.